The lowest BCUT2D eigenvalue weighted by molar-refractivity contribution is 0.226. The maximum Gasteiger partial charge on any atom is 0.125 e. The molecule has 0 atom stereocenters. The molecule has 0 saturated carbocycles. The van der Waals surface area contributed by atoms with Crippen molar-refractivity contribution in [1.29, 1.82) is 0 Å². The molecule has 2 nitrogen and oxygen atoms in total. The van der Waals surface area contributed by atoms with E-state index < -0.39 is 0 Å². The maximum atomic E-state index is 13.1. The molecule has 0 radical (unpaired) electrons. The minimum Gasteiger partial charge on any atom is -0.383 e. The first-order chi connectivity index (χ1) is 8.56. The largest absolute Gasteiger partial charge is 0.383 e. The number of nitrogens with zero attached hydrogens (tertiary/aromatic N) is 1. The number of piperidine rings is 1. The van der Waals surface area contributed by atoms with Crippen LogP contribution in [-0.2, 0) is 0 Å². The summed E-state index contributed by atoms with van der Waals surface area (Å²) in [6.07, 6.45) is 2.39. The van der Waals surface area contributed by atoms with Gasteiger partial charge in [0.15, 0.2) is 0 Å². The molecule has 1 aliphatic heterocycles. The SMILES string of the molecule is CN1CCC(CNc2c(Cl)cc(F)cc2Br)CC1. The number of likely N-dealkylation sites (tertiary alicyclic amines) is 1. The zero-order valence-corrected chi connectivity index (χ0v) is 12.7. The van der Waals surface area contributed by atoms with E-state index in [-0.39, 0.29) is 5.82 Å². The first kappa shape index (κ1) is 14.1. The van der Waals surface area contributed by atoms with Gasteiger partial charge in [-0.3, -0.25) is 0 Å². The van der Waals surface area contributed by atoms with E-state index >= 15 is 0 Å². The summed E-state index contributed by atoms with van der Waals surface area (Å²) in [4.78, 5) is 2.34. The minimum absolute atomic E-state index is 0.322. The van der Waals surface area contributed by atoms with Gasteiger partial charge in [-0.15, -0.1) is 0 Å². The van der Waals surface area contributed by atoms with Crippen LogP contribution < -0.4 is 5.32 Å². The Labute approximate surface area is 121 Å². The van der Waals surface area contributed by atoms with Crippen molar-refractivity contribution in [3.63, 3.8) is 0 Å². The summed E-state index contributed by atoms with van der Waals surface area (Å²) in [6, 6.07) is 2.77. The molecule has 1 aromatic carbocycles. The summed E-state index contributed by atoms with van der Waals surface area (Å²) < 4.78 is 13.8. The second-order valence-corrected chi connectivity index (χ2v) is 6.13. The molecular formula is C13H17BrClFN2. The molecule has 5 heteroatoms. The van der Waals surface area contributed by atoms with Crippen molar-refractivity contribution in [2.45, 2.75) is 12.8 Å². The molecule has 1 aliphatic rings. The van der Waals surface area contributed by atoms with Crippen LogP contribution in [0, 0.1) is 11.7 Å². The number of benzene rings is 1. The van der Waals surface area contributed by atoms with E-state index in [4.69, 9.17) is 11.6 Å². The molecule has 18 heavy (non-hydrogen) atoms. The monoisotopic (exact) mass is 334 g/mol. The van der Waals surface area contributed by atoms with Crippen LogP contribution in [-0.4, -0.2) is 31.6 Å². The molecule has 2 rings (SSSR count). The molecule has 100 valence electrons. The number of hydrogen-bond donors (Lipinski definition) is 1. The van der Waals surface area contributed by atoms with Crippen molar-refractivity contribution in [2.24, 2.45) is 5.92 Å². The quantitative estimate of drug-likeness (QED) is 0.898. The second-order valence-electron chi connectivity index (χ2n) is 4.87. The molecule has 0 aliphatic carbocycles. The van der Waals surface area contributed by atoms with Gasteiger partial charge in [0, 0.05) is 11.0 Å². The van der Waals surface area contributed by atoms with Gasteiger partial charge in [-0.05, 0) is 67.0 Å². The van der Waals surface area contributed by atoms with Crippen LogP contribution in [0.25, 0.3) is 0 Å². The standard InChI is InChI=1S/C13H17BrClFN2/c1-18-4-2-9(3-5-18)8-17-13-11(14)6-10(16)7-12(13)15/h6-7,9,17H,2-5,8H2,1H3. The average molecular weight is 336 g/mol. The highest BCUT2D eigenvalue weighted by Crippen LogP contribution is 2.32. The number of rotatable bonds is 3. The van der Waals surface area contributed by atoms with E-state index in [2.05, 4.69) is 33.2 Å². The Morgan fingerprint density at radius 3 is 2.72 bits per heavy atom. The smallest absolute Gasteiger partial charge is 0.125 e. The van der Waals surface area contributed by atoms with Gasteiger partial charge in [-0.2, -0.15) is 0 Å². The Bertz CT molecular complexity index is 396. The predicted octanol–water partition coefficient (Wildman–Crippen LogP) is 4.00. The Morgan fingerprint density at radius 1 is 1.44 bits per heavy atom. The third-order valence-electron chi connectivity index (χ3n) is 3.41. The molecule has 0 spiro atoms. The van der Waals surface area contributed by atoms with E-state index in [1.54, 1.807) is 0 Å². The van der Waals surface area contributed by atoms with Gasteiger partial charge < -0.3 is 10.2 Å². The third kappa shape index (κ3) is 3.59. The van der Waals surface area contributed by atoms with Crippen LogP contribution in [0.2, 0.25) is 5.02 Å². The number of halogens is 3. The van der Waals surface area contributed by atoms with E-state index in [9.17, 15) is 4.39 Å². The zero-order chi connectivity index (χ0) is 13.1. The van der Waals surface area contributed by atoms with Crippen LogP contribution >= 0.6 is 27.5 Å². The topological polar surface area (TPSA) is 15.3 Å². The van der Waals surface area contributed by atoms with Gasteiger partial charge >= 0.3 is 0 Å². The van der Waals surface area contributed by atoms with Gasteiger partial charge in [0.2, 0.25) is 0 Å². The molecule has 1 N–H and O–H groups in total. The fourth-order valence-electron chi connectivity index (χ4n) is 2.22. The van der Waals surface area contributed by atoms with Crippen molar-refractivity contribution in [3.8, 4) is 0 Å². The van der Waals surface area contributed by atoms with Crippen LogP contribution in [0.3, 0.4) is 0 Å². The average Bonchev–Trinajstić information content (AvgIpc) is 2.30. The lowest BCUT2D eigenvalue weighted by Gasteiger charge is -2.29. The van der Waals surface area contributed by atoms with E-state index in [1.807, 2.05) is 0 Å². The maximum absolute atomic E-state index is 13.1. The zero-order valence-electron chi connectivity index (χ0n) is 10.3. The van der Waals surface area contributed by atoms with Crippen LogP contribution in [0.15, 0.2) is 16.6 Å². The Balaban J connectivity index is 1.94. The van der Waals surface area contributed by atoms with Crippen LogP contribution in [0.5, 0.6) is 0 Å². The molecule has 1 saturated heterocycles. The van der Waals surface area contributed by atoms with Gasteiger partial charge in [-0.1, -0.05) is 11.6 Å². The summed E-state index contributed by atoms with van der Waals surface area (Å²) in [6.45, 7) is 3.17. The molecule has 0 bridgehead atoms. The lowest BCUT2D eigenvalue weighted by atomic mass is 9.97. The number of hydrogen-bond acceptors (Lipinski definition) is 2. The van der Waals surface area contributed by atoms with Gasteiger partial charge in [0.05, 0.1) is 10.7 Å². The highest BCUT2D eigenvalue weighted by atomic mass is 79.9. The normalized spacial score (nSPS) is 18.0. The summed E-state index contributed by atoms with van der Waals surface area (Å²) in [7, 11) is 2.15. The Morgan fingerprint density at radius 2 is 2.11 bits per heavy atom. The molecule has 1 heterocycles. The molecule has 0 unspecified atom stereocenters. The van der Waals surface area contributed by atoms with Gasteiger partial charge in [0.25, 0.3) is 0 Å². The minimum atomic E-state index is -0.322. The summed E-state index contributed by atoms with van der Waals surface area (Å²) in [5, 5.41) is 3.75. The highest BCUT2D eigenvalue weighted by Gasteiger charge is 2.17. The van der Waals surface area contributed by atoms with Crippen molar-refractivity contribution in [2.75, 3.05) is 32.0 Å². The van der Waals surface area contributed by atoms with Gasteiger partial charge in [0.1, 0.15) is 5.82 Å². The van der Waals surface area contributed by atoms with Crippen LogP contribution in [0.1, 0.15) is 12.8 Å². The first-order valence-electron chi connectivity index (χ1n) is 6.13. The van der Waals surface area contributed by atoms with Crippen molar-refractivity contribution < 1.29 is 4.39 Å². The molecule has 1 aromatic rings. The van der Waals surface area contributed by atoms with E-state index in [0.29, 0.717) is 15.4 Å². The molecule has 1 fully saturated rings. The number of nitrogens with one attached hydrogen (secondary N) is 1. The molecule has 0 amide bonds. The third-order valence-corrected chi connectivity index (χ3v) is 4.34. The summed E-state index contributed by atoms with van der Waals surface area (Å²) in [5.74, 6) is 0.339. The summed E-state index contributed by atoms with van der Waals surface area (Å²) >= 11 is 9.37. The van der Waals surface area contributed by atoms with Gasteiger partial charge in [-0.25, -0.2) is 4.39 Å². The Kier molecular flexibility index (Phi) is 4.87. The second kappa shape index (κ2) is 6.22. The Hall–Kier alpha value is -0.320. The number of anilines is 1. The molecule has 0 aromatic heterocycles. The van der Waals surface area contributed by atoms with E-state index in [0.717, 1.165) is 25.3 Å². The predicted molar refractivity (Wildman–Crippen MR) is 77.8 cm³/mol. The van der Waals surface area contributed by atoms with Crippen molar-refractivity contribution in [3.05, 3.63) is 27.4 Å². The van der Waals surface area contributed by atoms with Crippen molar-refractivity contribution in [1.82, 2.24) is 4.90 Å². The molecular weight excluding hydrogens is 319 g/mol. The fourth-order valence-corrected chi connectivity index (χ4v) is 3.18. The lowest BCUT2D eigenvalue weighted by Crippen LogP contribution is -2.33. The summed E-state index contributed by atoms with van der Waals surface area (Å²) in [5.41, 5.74) is 0.789. The fraction of sp³-hybridized carbons (Fsp3) is 0.538. The van der Waals surface area contributed by atoms with Crippen LogP contribution in [0.4, 0.5) is 10.1 Å². The van der Waals surface area contributed by atoms with Crippen molar-refractivity contribution >= 4 is 33.2 Å². The first-order valence-corrected chi connectivity index (χ1v) is 7.30. The van der Waals surface area contributed by atoms with E-state index in [1.165, 1.54) is 25.0 Å². The highest BCUT2D eigenvalue weighted by molar-refractivity contribution is 9.10.